The smallest absolute Gasteiger partial charge is 0.387 e. The van der Waals surface area contributed by atoms with E-state index in [9.17, 15) is 18.3 Å². The summed E-state index contributed by atoms with van der Waals surface area (Å²) in [4.78, 5) is 4.31. The number of fused-ring (bicyclic) bond motifs is 3. The first-order chi connectivity index (χ1) is 12.0. The van der Waals surface area contributed by atoms with E-state index >= 15 is 0 Å². The summed E-state index contributed by atoms with van der Waals surface area (Å²) < 4.78 is 45.8. The second kappa shape index (κ2) is 6.03. The molecule has 0 saturated heterocycles. The zero-order valence-electron chi connectivity index (χ0n) is 12.7. The molecular weight excluding hydrogens is 401 g/mol. The standard InChI is InChI=1S/C17H12BrF3N2O2/c18-9-5-13-11(6-10(9)19)22-16-14(24)7-12(23(13)16)8-3-1-2-4-15(8)25-17(20)21/h1-6,12,14,17,24H,7H2/t12-,14?/m1/s1. The number of aliphatic hydroxyl groups is 1. The Hall–Kier alpha value is -2.06. The largest absolute Gasteiger partial charge is 0.434 e. The lowest BCUT2D eigenvalue weighted by Crippen LogP contribution is -2.10. The minimum absolute atomic E-state index is 0.0468. The Morgan fingerprint density at radius 2 is 2.04 bits per heavy atom. The number of halogens is 4. The summed E-state index contributed by atoms with van der Waals surface area (Å²) >= 11 is 3.15. The summed E-state index contributed by atoms with van der Waals surface area (Å²) in [5.41, 5.74) is 1.52. The Morgan fingerprint density at radius 3 is 2.80 bits per heavy atom. The summed E-state index contributed by atoms with van der Waals surface area (Å²) in [7, 11) is 0. The predicted octanol–water partition coefficient (Wildman–Crippen LogP) is 4.57. The fourth-order valence-corrected chi connectivity index (χ4v) is 3.65. The van der Waals surface area contributed by atoms with Crippen molar-refractivity contribution < 1.29 is 23.0 Å². The molecule has 3 aromatic rings. The first-order valence-corrected chi connectivity index (χ1v) is 8.33. The Morgan fingerprint density at radius 1 is 1.28 bits per heavy atom. The molecule has 1 aliphatic heterocycles. The van der Waals surface area contributed by atoms with Crippen molar-refractivity contribution in [2.75, 3.05) is 0 Å². The fourth-order valence-electron chi connectivity index (χ4n) is 3.32. The van der Waals surface area contributed by atoms with E-state index in [0.717, 1.165) is 0 Å². The van der Waals surface area contributed by atoms with Gasteiger partial charge in [-0.1, -0.05) is 18.2 Å². The average Bonchev–Trinajstić information content (AvgIpc) is 3.06. The van der Waals surface area contributed by atoms with Gasteiger partial charge >= 0.3 is 6.61 Å². The second-order valence-electron chi connectivity index (χ2n) is 5.78. The number of hydrogen-bond donors (Lipinski definition) is 1. The summed E-state index contributed by atoms with van der Waals surface area (Å²) in [6.45, 7) is -2.95. The molecule has 2 atom stereocenters. The van der Waals surface area contributed by atoms with Crippen LogP contribution in [-0.4, -0.2) is 21.3 Å². The lowest BCUT2D eigenvalue weighted by atomic mass is 10.0. The van der Waals surface area contributed by atoms with E-state index < -0.39 is 24.6 Å². The maximum Gasteiger partial charge on any atom is 0.387 e. The summed E-state index contributed by atoms with van der Waals surface area (Å²) in [6, 6.07) is 8.86. The van der Waals surface area contributed by atoms with Crippen LogP contribution >= 0.6 is 15.9 Å². The first-order valence-electron chi connectivity index (χ1n) is 7.54. The van der Waals surface area contributed by atoms with Gasteiger partial charge in [-0.15, -0.1) is 0 Å². The highest BCUT2D eigenvalue weighted by atomic mass is 79.9. The molecule has 1 aromatic heterocycles. The minimum atomic E-state index is -2.95. The summed E-state index contributed by atoms with van der Waals surface area (Å²) in [5.74, 6) is -0.0355. The maximum absolute atomic E-state index is 13.8. The molecule has 1 N–H and O–H groups in total. The van der Waals surface area contributed by atoms with Crippen LogP contribution in [0.5, 0.6) is 5.75 Å². The normalized spacial score (nSPS) is 19.6. The highest BCUT2D eigenvalue weighted by Crippen LogP contribution is 2.44. The van der Waals surface area contributed by atoms with Crippen LogP contribution in [0.15, 0.2) is 40.9 Å². The van der Waals surface area contributed by atoms with Crippen LogP contribution in [0.2, 0.25) is 0 Å². The number of para-hydroxylation sites is 1. The van der Waals surface area contributed by atoms with Crippen LogP contribution in [0.1, 0.15) is 30.0 Å². The van der Waals surface area contributed by atoms with Crippen LogP contribution in [0.4, 0.5) is 13.2 Å². The van der Waals surface area contributed by atoms with Gasteiger partial charge in [0.1, 0.15) is 23.5 Å². The molecule has 0 fully saturated rings. The molecule has 0 bridgehead atoms. The van der Waals surface area contributed by atoms with Gasteiger partial charge in [-0.25, -0.2) is 9.37 Å². The van der Waals surface area contributed by atoms with E-state index in [0.29, 0.717) is 22.4 Å². The van der Waals surface area contributed by atoms with E-state index in [1.807, 2.05) is 0 Å². The quantitative estimate of drug-likeness (QED) is 0.685. The molecule has 0 saturated carbocycles. The van der Waals surface area contributed by atoms with Gasteiger partial charge in [0, 0.05) is 18.1 Å². The van der Waals surface area contributed by atoms with Gasteiger partial charge in [0.15, 0.2) is 0 Å². The van der Waals surface area contributed by atoms with Crippen LogP contribution in [-0.2, 0) is 0 Å². The van der Waals surface area contributed by atoms with Crippen molar-refractivity contribution in [3.63, 3.8) is 0 Å². The number of benzene rings is 2. The highest BCUT2D eigenvalue weighted by molar-refractivity contribution is 9.10. The molecule has 130 valence electrons. The Kier molecular flexibility index (Phi) is 3.96. The first kappa shape index (κ1) is 16.4. The Labute approximate surface area is 149 Å². The maximum atomic E-state index is 13.8. The number of hydrogen-bond acceptors (Lipinski definition) is 3. The van der Waals surface area contributed by atoms with Gasteiger partial charge in [0.2, 0.25) is 0 Å². The molecule has 4 nitrogen and oxygen atoms in total. The molecule has 0 aliphatic carbocycles. The molecule has 1 aliphatic rings. The van der Waals surface area contributed by atoms with E-state index in [-0.39, 0.29) is 16.6 Å². The third kappa shape index (κ3) is 2.69. The fraction of sp³-hybridized carbons (Fsp3) is 0.235. The number of rotatable bonds is 3. The number of nitrogens with zero attached hydrogens (tertiary/aromatic N) is 2. The molecule has 4 rings (SSSR count). The number of alkyl halides is 2. The molecule has 25 heavy (non-hydrogen) atoms. The zero-order chi connectivity index (χ0) is 17.7. The number of imidazole rings is 1. The van der Waals surface area contributed by atoms with Crippen LogP contribution in [0, 0.1) is 5.82 Å². The molecule has 2 heterocycles. The van der Waals surface area contributed by atoms with Gasteiger partial charge in [-0.3, -0.25) is 0 Å². The highest BCUT2D eigenvalue weighted by Gasteiger charge is 2.35. The van der Waals surface area contributed by atoms with Crippen molar-refractivity contribution in [3.8, 4) is 5.75 Å². The van der Waals surface area contributed by atoms with Crippen molar-refractivity contribution >= 4 is 27.0 Å². The third-order valence-electron chi connectivity index (χ3n) is 4.31. The SMILES string of the molecule is OC1C[C@H](c2ccccc2OC(F)F)n2c1nc1cc(F)c(Br)cc12. The molecular formula is C17H12BrF3N2O2. The van der Waals surface area contributed by atoms with Crippen LogP contribution in [0.3, 0.4) is 0 Å². The average molecular weight is 413 g/mol. The van der Waals surface area contributed by atoms with Gasteiger partial charge in [0.05, 0.1) is 21.5 Å². The monoisotopic (exact) mass is 412 g/mol. The van der Waals surface area contributed by atoms with E-state index in [1.54, 1.807) is 28.8 Å². The molecule has 8 heteroatoms. The van der Waals surface area contributed by atoms with E-state index in [2.05, 4.69) is 25.7 Å². The van der Waals surface area contributed by atoms with Crippen molar-refractivity contribution in [1.29, 1.82) is 0 Å². The van der Waals surface area contributed by atoms with E-state index in [1.165, 1.54) is 12.1 Å². The van der Waals surface area contributed by atoms with Crippen molar-refractivity contribution in [1.82, 2.24) is 9.55 Å². The lowest BCUT2D eigenvalue weighted by molar-refractivity contribution is -0.0507. The van der Waals surface area contributed by atoms with E-state index in [4.69, 9.17) is 0 Å². The van der Waals surface area contributed by atoms with Crippen molar-refractivity contribution in [2.45, 2.75) is 25.2 Å². The third-order valence-corrected chi connectivity index (χ3v) is 4.92. The Bertz CT molecular complexity index is 960. The number of aliphatic hydroxyl groups excluding tert-OH is 1. The molecule has 2 aromatic carbocycles. The zero-order valence-corrected chi connectivity index (χ0v) is 14.3. The van der Waals surface area contributed by atoms with Gasteiger partial charge in [-0.05, 0) is 28.1 Å². The Balaban J connectivity index is 1.90. The molecule has 1 unspecified atom stereocenters. The lowest BCUT2D eigenvalue weighted by Gasteiger charge is -2.18. The topological polar surface area (TPSA) is 47.3 Å². The molecule has 0 spiro atoms. The van der Waals surface area contributed by atoms with Gasteiger partial charge in [0.25, 0.3) is 0 Å². The molecule has 0 radical (unpaired) electrons. The van der Waals surface area contributed by atoms with Crippen molar-refractivity contribution in [2.24, 2.45) is 0 Å². The predicted molar refractivity (Wildman–Crippen MR) is 88.2 cm³/mol. The van der Waals surface area contributed by atoms with Crippen molar-refractivity contribution in [3.05, 3.63) is 58.1 Å². The number of aromatic nitrogens is 2. The second-order valence-corrected chi connectivity index (χ2v) is 6.63. The minimum Gasteiger partial charge on any atom is -0.434 e. The van der Waals surface area contributed by atoms with Crippen LogP contribution in [0.25, 0.3) is 11.0 Å². The molecule has 0 amide bonds. The summed E-state index contributed by atoms with van der Waals surface area (Å²) in [5, 5.41) is 10.3. The summed E-state index contributed by atoms with van der Waals surface area (Å²) in [6.07, 6.45) is -0.601. The van der Waals surface area contributed by atoms with Gasteiger partial charge in [-0.2, -0.15) is 8.78 Å². The number of ether oxygens (including phenoxy) is 1. The van der Waals surface area contributed by atoms with Gasteiger partial charge < -0.3 is 14.4 Å². The van der Waals surface area contributed by atoms with Crippen LogP contribution < -0.4 is 4.74 Å².